The van der Waals surface area contributed by atoms with Crippen molar-refractivity contribution in [1.82, 2.24) is 9.88 Å². The van der Waals surface area contributed by atoms with Gasteiger partial charge in [-0.05, 0) is 41.6 Å². The van der Waals surface area contributed by atoms with Crippen LogP contribution in [0.2, 0.25) is 0 Å². The Morgan fingerprint density at radius 3 is 2.36 bits per heavy atom. The summed E-state index contributed by atoms with van der Waals surface area (Å²) in [4.78, 5) is 31.8. The van der Waals surface area contributed by atoms with E-state index < -0.39 is 12.1 Å². The summed E-state index contributed by atoms with van der Waals surface area (Å²) in [5.74, 6) is -2.30. The van der Waals surface area contributed by atoms with Gasteiger partial charge >= 0.3 is 12.1 Å². The third-order valence-electron chi connectivity index (χ3n) is 3.91. The smallest absolute Gasteiger partial charge is 0.489 e. The molecule has 0 radical (unpaired) electrons. The second kappa shape index (κ2) is 10.5. The van der Waals surface area contributed by atoms with E-state index in [1.807, 2.05) is 0 Å². The number of nitrogens with zero attached hydrogens (tertiary/aromatic N) is 1. The number of hydrogen-bond acceptors (Lipinski definition) is 5. The fourth-order valence-electron chi connectivity index (χ4n) is 2.46. The normalized spacial score (nSPS) is 19.2. The van der Waals surface area contributed by atoms with Crippen molar-refractivity contribution >= 4 is 27.8 Å². The van der Waals surface area contributed by atoms with Gasteiger partial charge in [0, 0.05) is 25.4 Å². The summed E-state index contributed by atoms with van der Waals surface area (Å²) in [5, 5.41) is 10.0. The molecular formula is C16H21BrF3N3O5. The number of aryl methyl sites for hydroxylation is 1. The van der Waals surface area contributed by atoms with Gasteiger partial charge in [-0.25, -0.2) is 4.79 Å². The van der Waals surface area contributed by atoms with Crippen LogP contribution in [0.1, 0.15) is 25.7 Å². The van der Waals surface area contributed by atoms with Crippen molar-refractivity contribution < 1.29 is 32.6 Å². The molecule has 1 saturated carbocycles. The summed E-state index contributed by atoms with van der Waals surface area (Å²) in [7, 11) is 1.70. The molecule has 0 aromatic carbocycles. The van der Waals surface area contributed by atoms with Gasteiger partial charge < -0.3 is 25.5 Å². The van der Waals surface area contributed by atoms with Crippen molar-refractivity contribution in [3.63, 3.8) is 0 Å². The van der Waals surface area contributed by atoms with Crippen molar-refractivity contribution in [3.05, 3.63) is 27.1 Å². The highest BCUT2D eigenvalue weighted by molar-refractivity contribution is 9.10. The number of nitrogens with two attached hydrogens (primary N) is 1. The molecule has 0 aliphatic heterocycles. The summed E-state index contributed by atoms with van der Waals surface area (Å²) < 4.78 is 39.9. The van der Waals surface area contributed by atoms with Gasteiger partial charge in [-0.2, -0.15) is 13.2 Å². The Kier molecular flexibility index (Phi) is 8.95. The second-order valence-corrected chi connectivity index (χ2v) is 6.96. The molecule has 28 heavy (non-hydrogen) atoms. The molecule has 158 valence electrons. The maximum absolute atomic E-state index is 11.6. The third-order valence-corrected chi connectivity index (χ3v) is 4.50. The molecule has 8 nitrogen and oxygen atoms in total. The van der Waals surface area contributed by atoms with Gasteiger partial charge in [-0.1, -0.05) is 0 Å². The lowest BCUT2D eigenvalue weighted by Crippen LogP contribution is -2.42. The first kappa shape index (κ1) is 24.0. The van der Waals surface area contributed by atoms with E-state index >= 15 is 0 Å². The quantitative estimate of drug-likeness (QED) is 0.611. The van der Waals surface area contributed by atoms with Crippen LogP contribution in [0.4, 0.5) is 13.2 Å². The molecule has 1 amide bonds. The number of amides is 1. The van der Waals surface area contributed by atoms with Crippen molar-refractivity contribution in [1.29, 1.82) is 0 Å². The molecule has 12 heteroatoms. The van der Waals surface area contributed by atoms with Gasteiger partial charge in [-0.3, -0.25) is 9.59 Å². The van der Waals surface area contributed by atoms with Crippen molar-refractivity contribution in [2.75, 3.05) is 6.54 Å². The van der Waals surface area contributed by atoms with Gasteiger partial charge in [-0.15, -0.1) is 0 Å². The number of ether oxygens (including phenoxy) is 1. The lowest BCUT2D eigenvalue weighted by atomic mass is 9.93. The Morgan fingerprint density at radius 2 is 1.89 bits per heavy atom. The summed E-state index contributed by atoms with van der Waals surface area (Å²) in [5.41, 5.74) is 5.19. The summed E-state index contributed by atoms with van der Waals surface area (Å²) >= 11 is 3.41. The number of rotatable bonds is 4. The van der Waals surface area contributed by atoms with Crippen molar-refractivity contribution in [3.8, 4) is 5.75 Å². The summed E-state index contributed by atoms with van der Waals surface area (Å²) in [6, 6.07) is 1.67. The maximum Gasteiger partial charge on any atom is 0.490 e. The first-order chi connectivity index (χ1) is 12.9. The first-order valence-corrected chi connectivity index (χ1v) is 9.05. The van der Waals surface area contributed by atoms with Crippen LogP contribution in [0.15, 0.2) is 21.5 Å². The molecule has 1 aromatic rings. The highest BCUT2D eigenvalue weighted by Crippen LogP contribution is 2.28. The average Bonchev–Trinajstić information content (AvgIpc) is 2.61. The molecule has 0 spiro atoms. The zero-order valence-corrected chi connectivity index (χ0v) is 16.5. The SMILES string of the molecule is Cn1cc(Br)c(OC2CCC(NC(=O)CN)CC2)cc1=O.O=C(O)C(F)(F)F. The van der Waals surface area contributed by atoms with E-state index in [0.717, 1.165) is 30.2 Å². The maximum atomic E-state index is 11.6. The minimum atomic E-state index is -5.08. The van der Waals surface area contributed by atoms with Crippen LogP contribution in [0.3, 0.4) is 0 Å². The van der Waals surface area contributed by atoms with E-state index in [4.69, 9.17) is 20.4 Å². The molecule has 4 N–H and O–H groups in total. The minimum Gasteiger partial charge on any atom is -0.489 e. The van der Waals surface area contributed by atoms with Crippen LogP contribution >= 0.6 is 15.9 Å². The number of pyridine rings is 1. The van der Waals surface area contributed by atoms with Crippen LogP contribution in [0, 0.1) is 0 Å². The molecular weight excluding hydrogens is 451 g/mol. The van der Waals surface area contributed by atoms with E-state index in [0.29, 0.717) is 5.75 Å². The number of nitrogens with one attached hydrogen (secondary N) is 1. The minimum absolute atomic E-state index is 0.0245. The number of aliphatic carboxylic acids is 1. The van der Waals surface area contributed by atoms with Gasteiger partial charge in [0.2, 0.25) is 5.91 Å². The fourth-order valence-corrected chi connectivity index (χ4v) is 2.98. The summed E-state index contributed by atoms with van der Waals surface area (Å²) in [6.07, 6.45) is 0.0936. The number of carbonyl (C=O) groups is 2. The number of carbonyl (C=O) groups excluding carboxylic acids is 1. The zero-order valence-electron chi connectivity index (χ0n) is 15.0. The summed E-state index contributed by atoms with van der Waals surface area (Å²) in [6.45, 7) is 0.0245. The molecule has 0 unspecified atom stereocenters. The second-order valence-electron chi connectivity index (χ2n) is 6.10. The molecule has 1 aromatic heterocycles. The number of hydrogen-bond donors (Lipinski definition) is 3. The van der Waals surface area contributed by atoms with Gasteiger partial charge in [0.1, 0.15) is 5.75 Å². The fraction of sp³-hybridized carbons (Fsp3) is 0.562. The van der Waals surface area contributed by atoms with E-state index in [2.05, 4.69) is 21.2 Å². The van der Waals surface area contributed by atoms with Crippen LogP contribution in [0.5, 0.6) is 5.75 Å². The van der Waals surface area contributed by atoms with E-state index in [-0.39, 0.29) is 30.2 Å². The Morgan fingerprint density at radius 1 is 1.36 bits per heavy atom. The molecule has 2 rings (SSSR count). The number of alkyl halides is 3. The Hall–Kier alpha value is -2.08. The van der Waals surface area contributed by atoms with Crippen LogP contribution < -0.4 is 21.3 Å². The third kappa shape index (κ3) is 7.89. The van der Waals surface area contributed by atoms with E-state index in [1.54, 1.807) is 13.2 Å². The predicted molar refractivity (Wildman–Crippen MR) is 96.9 cm³/mol. The molecule has 0 bridgehead atoms. The van der Waals surface area contributed by atoms with Gasteiger partial charge in [0.15, 0.2) is 0 Å². The first-order valence-electron chi connectivity index (χ1n) is 8.26. The van der Waals surface area contributed by atoms with E-state index in [1.165, 1.54) is 10.6 Å². The number of aromatic nitrogens is 1. The Balaban J connectivity index is 0.000000480. The Labute approximate surface area is 167 Å². The standard InChI is InChI=1S/C14H20BrN3O3.C2HF3O2/c1-18-8-11(15)12(6-14(18)20)21-10-4-2-9(3-5-10)17-13(19)7-16;3-2(4,5)1(6)7/h6,8-10H,2-5,7,16H2,1H3,(H,17,19);(H,6,7). The molecule has 1 aliphatic rings. The molecule has 1 fully saturated rings. The Bertz CT molecular complexity index is 746. The molecule has 0 saturated heterocycles. The van der Waals surface area contributed by atoms with Crippen LogP contribution in [0.25, 0.3) is 0 Å². The molecule has 1 aliphatic carbocycles. The van der Waals surface area contributed by atoms with Gasteiger partial charge in [0.25, 0.3) is 5.56 Å². The van der Waals surface area contributed by atoms with E-state index in [9.17, 15) is 22.8 Å². The molecule has 1 heterocycles. The largest absolute Gasteiger partial charge is 0.490 e. The number of carboxylic acids is 1. The number of carboxylic acid groups (broad SMARTS) is 1. The topological polar surface area (TPSA) is 124 Å². The van der Waals surface area contributed by atoms with Crippen LogP contribution in [-0.2, 0) is 16.6 Å². The average molecular weight is 472 g/mol. The lowest BCUT2D eigenvalue weighted by molar-refractivity contribution is -0.192. The van der Waals surface area contributed by atoms with Crippen molar-refractivity contribution in [2.24, 2.45) is 12.8 Å². The lowest BCUT2D eigenvalue weighted by Gasteiger charge is -2.29. The van der Waals surface area contributed by atoms with Gasteiger partial charge in [0.05, 0.1) is 17.1 Å². The highest BCUT2D eigenvalue weighted by atomic mass is 79.9. The molecule has 0 atom stereocenters. The predicted octanol–water partition coefficient (Wildman–Crippen LogP) is 1.55. The van der Waals surface area contributed by atoms with Crippen molar-refractivity contribution in [2.45, 2.75) is 44.0 Å². The highest BCUT2D eigenvalue weighted by Gasteiger charge is 2.38. The monoisotopic (exact) mass is 471 g/mol. The number of halogens is 4. The zero-order chi connectivity index (χ0) is 21.5. The van der Waals surface area contributed by atoms with Crippen LogP contribution in [-0.4, -0.2) is 46.4 Å².